The third-order valence-electron chi connectivity index (χ3n) is 4.07. The number of amides is 2. The molecule has 1 heterocycles. The van der Waals surface area contributed by atoms with Crippen LogP contribution in [-0.4, -0.2) is 42.5 Å². The van der Waals surface area contributed by atoms with Crippen LogP contribution in [0.2, 0.25) is 0 Å². The summed E-state index contributed by atoms with van der Waals surface area (Å²) in [5.41, 5.74) is 11.3. The van der Waals surface area contributed by atoms with Crippen molar-refractivity contribution in [1.82, 2.24) is 4.90 Å². The summed E-state index contributed by atoms with van der Waals surface area (Å²) >= 11 is 0. The number of hydrogen-bond donors (Lipinski definition) is 2. The molecule has 2 rings (SSSR count). The number of likely N-dealkylation sites (tertiary alicyclic amines) is 1. The highest BCUT2D eigenvalue weighted by atomic mass is 16.5. The van der Waals surface area contributed by atoms with Gasteiger partial charge in [0.1, 0.15) is 5.75 Å². The Kier molecular flexibility index (Phi) is 5.38. The van der Waals surface area contributed by atoms with Crippen molar-refractivity contribution in [2.24, 2.45) is 17.4 Å². The number of rotatable bonds is 5. The first kappa shape index (κ1) is 16.3. The lowest BCUT2D eigenvalue weighted by Gasteiger charge is -2.37. The first-order valence-corrected chi connectivity index (χ1v) is 7.53. The zero-order valence-electron chi connectivity index (χ0n) is 12.8. The molecule has 1 aliphatic rings. The van der Waals surface area contributed by atoms with E-state index < -0.39 is 5.91 Å². The maximum Gasteiger partial charge on any atom is 0.260 e. The Bertz CT molecular complexity index is 530. The lowest BCUT2D eigenvalue weighted by atomic mass is 9.92. The molecular formula is C16H23N3O3. The van der Waals surface area contributed by atoms with E-state index >= 15 is 0 Å². The van der Waals surface area contributed by atoms with E-state index in [1.807, 2.05) is 4.90 Å². The molecule has 1 aromatic rings. The molecular weight excluding hydrogens is 282 g/mol. The van der Waals surface area contributed by atoms with Crippen LogP contribution in [-0.2, 0) is 4.79 Å². The molecule has 1 saturated heterocycles. The molecule has 2 atom stereocenters. The third-order valence-corrected chi connectivity index (χ3v) is 4.07. The summed E-state index contributed by atoms with van der Waals surface area (Å²) in [7, 11) is 0. The summed E-state index contributed by atoms with van der Waals surface area (Å²) in [6.45, 7) is 3.36. The van der Waals surface area contributed by atoms with Gasteiger partial charge in [0.05, 0.1) is 0 Å². The van der Waals surface area contributed by atoms with Crippen molar-refractivity contribution in [3.05, 3.63) is 29.8 Å². The second-order valence-corrected chi connectivity index (χ2v) is 5.78. The molecule has 120 valence electrons. The van der Waals surface area contributed by atoms with Gasteiger partial charge < -0.3 is 21.1 Å². The SMILES string of the molecule is CC1CCN(C(=O)COc2ccc(C(N)=O)cc2)C(CN)C1. The fraction of sp³-hybridized carbons (Fsp3) is 0.500. The zero-order valence-corrected chi connectivity index (χ0v) is 12.8. The Labute approximate surface area is 130 Å². The number of hydrogen-bond acceptors (Lipinski definition) is 4. The molecule has 6 heteroatoms. The van der Waals surface area contributed by atoms with Crippen LogP contribution in [0.4, 0.5) is 0 Å². The number of benzene rings is 1. The summed E-state index contributed by atoms with van der Waals surface area (Å²) in [5.74, 6) is 0.588. The third kappa shape index (κ3) is 3.98. The van der Waals surface area contributed by atoms with Gasteiger partial charge in [-0.05, 0) is 43.0 Å². The van der Waals surface area contributed by atoms with Gasteiger partial charge >= 0.3 is 0 Å². The van der Waals surface area contributed by atoms with Crippen LogP contribution in [0.15, 0.2) is 24.3 Å². The Morgan fingerprint density at radius 1 is 1.32 bits per heavy atom. The van der Waals surface area contributed by atoms with Gasteiger partial charge in [-0.1, -0.05) is 6.92 Å². The van der Waals surface area contributed by atoms with E-state index in [4.69, 9.17) is 16.2 Å². The minimum atomic E-state index is -0.490. The highest BCUT2D eigenvalue weighted by Gasteiger charge is 2.28. The summed E-state index contributed by atoms with van der Waals surface area (Å²) in [6, 6.07) is 6.51. The van der Waals surface area contributed by atoms with Crippen molar-refractivity contribution in [1.29, 1.82) is 0 Å². The molecule has 22 heavy (non-hydrogen) atoms. The zero-order chi connectivity index (χ0) is 16.1. The molecule has 1 aliphatic heterocycles. The van der Waals surface area contributed by atoms with Gasteiger partial charge in [-0.2, -0.15) is 0 Å². The topological polar surface area (TPSA) is 98.6 Å². The smallest absolute Gasteiger partial charge is 0.260 e. The van der Waals surface area contributed by atoms with Gasteiger partial charge in [0.2, 0.25) is 5.91 Å². The fourth-order valence-electron chi connectivity index (χ4n) is 2.75. The van der Waals surface area contributed by atoms with Crippen LogP contribution in [0.3, 0.4) is 0 Å². The molecule has 1 aromatic carbocycles. The molecule has 2 unspecified atom stereocenters. The van der Waals surface area contributed by atoms with Crippen molar-refractivity contribution in [3.8, 4) is 5.75 Å². The van der Waals surface area contributed by atoms with Gasteiger partial charge in [-0.25, -0.2) is 0 Å². The number of ether oxygens (including phenoxy) is 1. The van der Waals surface area contributed by atoms with E-state index in [9.17, 15) is 9.59 Å². The van der Waals surface area contributed by atoms with E-state index in [1.54, 1.807) is 24.3 Å². The Balaban J connectivity index is 1.90. The molecule has 6 nitrogen and oxygen atoms in total. The number of nitrogens with two attached hydrogens (primary N) is 2. The van der Waals surface area contributed by atoms with Crippen molar-refractivity contribution in [2.45, 2.75) is 25.8 Å². The van der Waals surface area contributed by atoms with Crippen LogP contribution in [0.5, 0.6) is 5.75 Å². The van der Waals surface area contributed by atoms with Crippen LogP contribution >= 0.6 is 0 Å². The van der Waals surface area contributed by atoms with Crippen molar-refractivity contribution in [3.63, 3.8) is 0 Å². The van der Waals surface area contributed by atoms with E-state index in [0.29, 0.717) is 23.8 Å². The average molecular weight is 305 g/mol. The van der Waals surface area contributed by atoms with Gasteiger partial charge in [0, 0.05) is 24.7 Å². The molecule has 0 aliphatic carbocycles. The van der Waals surface area contributed by atoms with Gasteiger partial charge in [0.25, 0.3) is 5.91 Å². The molecule has 1 fully saturated rings. The fourth-order valence-corrected chi connectivity index (χ4v) is 2.75. The van der Waals surface area contributed by atoms with E-state index in [1.165, 1.54) is 0 Å². The van der Waals surface area contributed by atoms with Crippen LogP contribution in [0, 0.1) is 5.92 Å². The van der Waals surface area contributed by atoms with Crippen LogP contribution in [0.1, 0.15) is 30.1 Å². The molecule has 0 bridgehead atoms. The number of carbonyl (C=O) groups is 2. The lowest BCUT2D eigenvalue weighted by molar-refractivity contribution is -0.137. The number of piperidine rings is 1. The standard InChI is InChI=1S/C16H23N3O3/c1-11-6-7-19(13(8-11)9-17)15(20)10-22-14-4-2-12(3-5-14)16(18)21/h2-5,11,13H,6-10,17H2,1H3,(H2,18,21). The highest BCUT2D eigenvalue weighted by molar-refractivity contribution is 5.92. The molecule has 0 spiro atoms. The maximum atomic E-state index is 12.3. The number of nitrogens with zero attached hydrogens (tertiary/aromatic N) is 1. The molecule has 0 saturated carbocycles. The van der Waals surface area contributed by atoms with Gasteiger partial charge in [0.15, 0.2) is 6.61 Å². The van der Waals surface area contributed by atoms with E-state index in [2.05, 4.69) is 6.92 Å². The monoisotopic (exact) mass is 305 g/mol. The largest absolute Gasteiger partial charge is 0.484 e. The van der Waals surface area contributed by atoms with E-state index in [0.717, 1.165) is 19.4 Å². The first-order chi connectivity index (χ1) is 10.5. The minimum absolute atomic E-state index is 0.0270. The minimum Gasteiger partial charge on any atom is -0.484 e. The second kappa shape index (κ2) is 7.26. The van der Waals surface area contributed by atoms with Gasteiger partial charge in [-0.15, -0.1) is 0 Å². The van der Waals surface area contributed by atoms with Crippen LogP contribution in [0.25, 0.3) is 0 Å². The predicted octanol–water partition coefficient (Wildman–Crippen LogP) is 0.750. The number of primary amides is 1. The van der Waals surface area contributed by atoms with Crippen molar-refractivity contribution >= 4 is 11.8 Å². The molecule has 0 aromatic heterocycles. The summed E-state index contributed by atoms with van der Waals surface area (Å²) in [4.78, 5) is 25.1. The lowest BCUT2D eigenvalue weighted by Crippen LogP contribution is -2.50. The van der Waals surface area contributed by atoms with Crippen LogP contribution < -0.4 is 16.2 Å². The Morgan fingerprint density at radius 2 is 2.00 bits per heavy atom. The predicted molar refractivity (Wildman–Crippen MR) is 83.4 cm³/mol. The highest BCUT2D eigenvalue weighted by Crippen LogP contribution is 2.22. The first-order valence-electron chi connectivity index (χ1n) is 7.53. The maximum absolute atomic E-state index is 12.3. The Hall–Kier alpha value is -2.08. The summed E-state index contributed by atoms with van der Waals surface area (Å²) in [5, 5.41) is 0. The summed E-state index contributed by atoms with van der Waals surface area (Å²) < 4.78 is 5.49. The summed E-state index contributed by atoms with van der Waals surface area (Å²) in [6.07, 6.45) is 1.94. The van der Waals surface area contributed by atoms with Crippen molar-refractivity contribution < 1.29 is 14.3 Å². The van der Waals surface area contributed by atoms with E-state index in [-0.39, 0.29) is 18.6 Å². The molecule has 0 radical (unpaired) electrons. The Morgan fingerprint density at radius 3 is 2.59 bits per heavy atom. The average Bonchev–Trinajstić information content (AvgIpc) is 2.52. The normalized spacial score (nSPS) is 21.5. The second-order valence-electron chi connectivity index (χ2n) is 5.78. The number of carbonyl (C=O) groups excluding carboxylic acids is 2. The molecule has 2 amide bonds. The quantitative estimate of drug-likeness (QED) is 0.838. The molecule has 4 N–H and O–H groups in total. The van der Waals surface area contributed by atoms with Crippen molar-refractivity contribution in [2.75, 3.05) is 19.7 Å². The van der Waals surface area contributed by atoms with Gasteiger partial charge in [-0.3, -0.25) is 9.59 Å².